The Hall–Kier alpha value is -3.22. The number of hydrogen-bond donors (Lipinski definition) is 2. The van der Waals surface area contributed by atoms with Crippen LogP contribution in [-0.4, -0.2) is 25.6 Å². The number of fused-ring (bicyclic) bond motifs is 1. The first-order valence-electron chi connectivity index (χ1n) is 6.02. The summed E-state index contributed by atoms with van der Waals surface area (Å²) in [5, 5.41) is 9.28. The summed E-state index contributed by atoms with van der Waals surface area (Å²) in [6, 6.07) is 9.02. The Labute approximate surface area is 117 Å². The maximum atomic E-state index is 12.4. The molecule has 104 valence electrons. The first-order valence-corrected chi connectivity index (χ1v) is 6.02. The molecule has 0 spiro atoms. The fraction of sp³-hybridized carbons (Fsp3) is 0. The number of carbonyl (C=O) groups is 1. The summed E-state index contributed by atoms with van der Waals surface area (Å²) in [5.41, 5.74) is -0.865. The van der Waals surface area contributed by atoms with Crippen LogP contribution in [0.25, 0.3) is 16.7 Å². The molecule has 0 aliphatic rings. The van der Waals surface area contributed by atoms with E-state index in [2.05, 4.69) is 9.97 Å². The van der Waals surface area contributed by atoms with Gasteiger partial charge in [-0.15, -0.1) is 0 Å². The zero-order valence-electron chi connectivity index (χ0n) is 10.6. The van der Waals surface area contributed by atoms with Crippen LogP contribution in [0.5, 0.6) is 0 Å². The molecule has 0 aliphatic heterocycles. The Morgan fingerprint density at radius 1 is 1.19 bits per heavy atom. The molecule has 0 fully saturated rings. The van der Waals surface area contributed by atoms with Crippen LogP contribution >= 0.6 is 0 Å². The van der Waals surface area contributed by atoms with Crippen molar-refractivity contribution in [2.75, 3.05) is 0 Å². The molecule has 0 saturated heterocycles. The topological polar surface area (TPSA) is 105 Å². The number of para-hydroxylation sites is 1. The van der Waals surface area contributed by atoms with E-state index in [0.29, 0.717) is 10.9 Å². The van der Waals surface area contributed by atoms with Gasteiger partial charge in [0.15, 0.2) is 0 Å². The summed E-state index contributed by atoms with van der Waals surface area (Å²) in [4.78, 5) is 41.9. The summed E-state index contributed by atoms with van der Waals surface area (Å²) in [6.07, 6.45) is 1.24. The number of benzene rings is 1. The number of carboxylic acid groups (broad SMARTS) is 1. The molecule has 0 atom stereocenters. The molecule has 0 radical (unpaired) electrons. The van der Waals surface area contributed by atoms with E-state index in [9.17, 15) is 14.4 Å². The molecule has 7 nitrogen and oxygen atoms in total. The monoisotopic (exact) mass is 283 g/mol. The molecule has 0 saturated carbocycles. The Morgan fingerprint density at radius 2 is 1.95 bits per heavy atom. The number of hydrogen-bond acceptors (Lipinski definition) is 4. The van der Waals surface area contributed by atoms with Gasteiger partial charge >= 0.3 is 11.7 Å². The predicted molar refractivity (Wildman–Crippen MR) is 74.9 cm³/mol. The van der Waals surface area contributed by atoms with Gasteiger partial charge in [0.2, 0.25) is 0 Å². The third-order valence-electron chi connectivity index (χ3n) is 3.03. The lowest BCUT2D eigenvalue weighted by Crippen LogP contribution is -2.34. The van der Waals surface area contributed by atoms with Gasteiger partial charge in [0.05, 0.1) is 16.5 Å². The number of aromatic nitrogens is 3. The number of nitrogens with zero attached hydrogens (tertiary/aromatic N) is 2. The quantitative estimate of drug-likeness (QED) is 0.722. The maximum absolute atomic E-state index is 12.4. The van der Waals surface area contributed by atoms with E-state index < -0.39 is 17.2 Å². The average molecular weight is 283 g/mol. The Bertz CT molecular complexity index is 972. The minimum Gasteiger partial charge on any atom is -0.478 e. The predicted octanol–water partition coefficient (Wildman–Crippen LogP) is 0.772. The van der Waals surface area contributed by atoms with Crippen molar-refractivity contribution in [1.82, 2.24) is 14.5 Å². The van der Waals surface area contributed by atoms with Crippen LogP contribution < -0.4 is 11.2 Å². The number of pyridine rings is 1. The summed E-state index contributed by atoms with van der Waals surface area (Å²) < 4.78 is 0.814. The van der Waals surface area contributed by atoms with Crippen LogP contribution in [0.1, 0.15) is 10.4 Å². The lowest BCUT2D eigenvalue weighted by atomic mass is 10.2. The van der Waals surface area contributed by atoms with Gasteiger partial charge in [-0.1, -0.05) is 12.1 Å². The zero-order chi connectivity index (χ0) is 15.0. The van der Waals surface area contributed by atoms with Crippen LogP contribution in [0.15, 0.2) is 52.2 Å². The van der Waals surface area contributed by atoms with Crippen molar-refractivity contribution < 1.29 is 9.90 Å². The van der Waals surface area contributed by atoms with Gasteiger partial charge in [0.1, 0.15) is 5.82 Å². The second kappa shape index (κ2) is 4.71. The third kappa shape index (κ3) is 2.10. The minimum absolute atomic E-state index is 0.0353. The van der Waals surface area contributed by atoms with E-state index in [1.54, 1.807) is 24.3 Å². The Balaban J connectivity index is 2.35. The second-order valence-corrected chi connectivity index (χ2v) is 4.32. The molecule has 0 amide bonds. The van der Waals surface area contributed by atoms with Crippen molar-refractivity contribution in [3.05, 3.63) is 69.0 Å². The summed E-state index contributed by atoms with van der Waals surface area (Å²) in [6.45, 7) is 0. The molecule has 7 heteroatoms. The van der Waals surface area contributed by atoms with Crippen LogP contribution in [0.4, 0.5) is 0 Å². The van der Waals surface area contributed by atoms with Crippen molar-refractivity contribution in [1.29, 1.82) is 0 Å². The molecule has 0 unspecified atom stereocenters. The van der Waals surface area contributed by atoms with Crippen molar-refractivity contribution in [2.45, 2.75) is 0 Å². The highest BCUT2D eigenvalue weighted by molar-refractivity contribution is 5.88. The van der Waals surface area contributed by atoms with Crippen LogP contribution in [0.2, 0.25) is 0 Å². The molecule has 2 heterocycles. The third-order valence-corrected chi connectivity index (χ3v) is 3.03. The Morgan fingerprint density at radius 3 is 2.71 bits per heavy atom. The minimum atomic E-state index is -1.16. The SMILES string of the molecule is O=C(O)c1ccnc(-n2c(=O)[nH]c3ccccc3c2=O)c1. The van der Waals surface area contributed by atoms with Gasteiger partial charge in [-0.25, -0.2) is 19.1 Å². The molecule has 2 N–H and O–H groups in total. The molecule has 0 bridgehead atoms. The highest BCUT2D eigenvalue weighted by Gasteiger charge is 2.12. The van der Waals surface area contributed by atoms with Crippen molar-refractivity contribution in [3.8, 4) is 5.82 Å². The van der Waals surface area contributed by atoms with Crippen LogP contribution in [0.3, 0.4) is 0 Å². The van der Waals surface area contributed by atoms with Gasteiger partial charge < -0.3 is 10.1 Å². The first kappa shape index (κ1) is 12.8. The number of rotatable bonds is 2. The van der Waals surface area contributed by atoms with Gasteiger partial charge in [-0.2, -0.15) is 0 Å². The molecule has 1 aromatic carbocycles. The van der Waals surface area contributed by atoms with Crippen LogP contribution in [0, 0.1) is 0 Å². The average Bonchev–Trinajstić information content (AvgIpc) is 2.47. The maximum Gasteiger partial charge on any atom is 0.335 e. The van der Waals surface area contributed by atoms with Crippen molar-refractivity contribution in [2.24, 2.45) is 0 Å². The summed E-state index contributed by atoms with van der Waals surface area (Å²) in [7, 11) is 0. The van der Waals surface area contributed by atoms with Gasteiger partial charge in [-0.05, 0) is 24.3 Å². The van der Waals surface area contributed by atoms with Crippen LogP contribution in [-0.2, 0) is 0 Å². The van der Waals surface area contributed by atoms with E-state index in [1.165, 1.54) is 18.3 Å². The smallest absolute Gasteiger partial charge is 0.335 e. The van der Waals surface area contributed by atoms with Gasteiger partial charge in [0, 0.05) is 6.20 Å². The highest BCUT2D eigenvalue weighted by Crippen LogP contribution is 2.07. The van der Waals surface area contributed by atoms with E-state index in [4.69, 9.17) is 5.11 Å². The molecular formula is C14H9N3O4. The fourth-order valence-corrected chi connectivity index (χ4v) is 2.04. The molecule has 3 aromatic rings. The Kier molecular flexibility index (Phi) is 2.87. The molecule has 0 aliphatic carbocycles. The number of aromatic carboxylic acids is 1. The zero-order valence-corrected chi connectivity index (χ0v) is 10.6. The lowest BCUT2D eigenvalue weighted by Gasteiger charge is -2.06. The molecule has 21 heavy (non-hydrogen) atoms. The molecule has 2 aromatic heterocycles. The summed E-state index contributed by atoms with van der Waals surface area (Å²) >= 11 is 0. The van der Waals surface area contributed by atoms with E-state index >= 15 is 0 Å². The first-order chi connectivity index (χ1) is 10.1. The fourth-order valence-electron chi connectivity index (χ4n) is 2.04. The second-order valence-electron chi connectivity index (χ2n) is 4.32. The lowest BCUT2D eigenvalue weighted by molar-refractivity contribution is 0.0696. The molecular weight excluding hydrogens is 274 g/mol. The number of nitrogens with one attached hydrogen (secondary N) is 1. The highest BCUT2D eigenvalue weighted by atomic mass is 16.4. The standard InChI is InChI=1S/C14H9N3O4/c18-12-9-3-1-2-4-10(9)16-14(21)17(12)11-7-8(13(19)20)5-6-15-11/h1-7H,(H,16,21)(H,19,20). The van der Waals surface area contributed by atoms with E-state index in [1.807, 2.05) is 0 Å². The normalized spacial score (nSPS) is 10.7. The van der Waals surface area contributed by atoms with Crippen molar-refractivity contribution >= 4 is 16.9 Å². The largest absolute Gasteiger partial charge is 0.478 e. The molecule has 3 rings (SSSR count). The van der Waals surface area contributed by atoms with Gasteiger partial charge in [0.25, 0.3) is 5.56 Å². The number of H-pyrrole nitrogens is 1. The van der Waals surface area contributed by atoms with Crippen molar-refractivity contribution in [3.63, 3.8) is 0 Å². The number of carboxylic acids is 1. The number of aromatic amines is 1. The van der Waals surface area contributed by atoms with E-state index in [0.717, 1.165) is 4.57 Å². The summed E-state index contributed by atoms with van der Waals surface area (Å²) in [5.74, 6) is -1.20. The van der Waals surface area contributed by atoms with E-state index in [-0.39, 0.29) is 11.4 Å². The van der Waals surface area contributed by atoms with Gasteiger partial charge in [-0.3, -0.25) is 4.79 Å².